The molecule has 0 saturated heterocycles. The van der Waals surface area contributed by atoms with Crippen molar-refractivity contribution in [2.45, 2.75) is 19.4 Å². The molecular weight excluding hydrogens is 258 g/mol. The molecule has 0 fully saturated rings. The van der Waals surface area contributed by atoms with Crippen molar-refractivity contribution < 1.29 is 5.11 Å². The van der Waals surface area contributed by atoms with Crippen LogP contribution in [0.1, 0.15) is 23.1 Å². The fourth-order valence-electron chi connectivity index (χ4n) is 2.22. The SMILES string of the molecule is Cc1cc(CC(O)c2cnc3ccsc3c2)n(C)n1. The van der Waals surface area contributed by atoms with E-state index >= 15 is 0 Å². The maximum atomic E-state index is 10.3. The van der Waals surface area contributed by atoms with Gasteiger partial charge in [-0.05, 0) is 30.5 Å². The minimum Gasteiger partial charge on any atom is -0.388 e. The Morgan fingerprint density at radius 3 is 3.00 bits per heavy atom. The van der Waals surface area contributed by atoms with E-state index in [-0.39, 0.29) is 0 Å². The summed E-state index contributed by atoms with van der Waals surface area (Å²) in [5.74, 6) is 0. The van der Waals surface area contributed by atoms with E-state index in [0.717, 1.165) is 27.2 Å². The second-order valence-corrected chi connectivity index (χ2v) is 5.64. The summed E-state index contributed by atoms with van der Waals surface area (Å²) < 4.78 is 2.92. The normalized spacial score (nSPS) is 13.0. The zero-order valence-corrected chi connectivity index (χ0v) is 11.7. The molecular formula is C14H15N3OS. The van der Waals surface area contributed by atoms with Crippen LogP contribution in [0.15, 0.2) is 29.8 Å². The van der Waals surface area contributed by atoms with Crippen molar-refractivity contribution in [1.82, 2.24) is 14.8 Å². The lowest BCUT2D eigenvalue weighted by Gasteiger charge is -2.10. The topological polar surface area (TPSA) is 50.9 Å². The van der Waals surface area contributed by atoms with E-state index in [2.05, 4.69) is 10.1 Å². The Labute approximate surface area is 115 Å². The second-order valence-electron chi connectivity index (χ2n) is 4.69. The minimum atomic E-state index is -0.547. The van der Waals surface area contributed by atoms with Crippen molar-refractivity contribution in [1.29, 1.82) is 0 Å². The van der Waals surface area contributed by atoms with Gasteiger partial charge in [-0.15, -0.1) is 11.3 Å². The van der Waals surface area contributed by atoms with E-state index in [1.807, 2.05) is 42.2 Å². The summed E-state index contributed by atoms with van der Waals surface area (Å²) in [4.78, 5) is 4.36. The predicted molar refractivity (Wildman–Crippen MR) is 76.2 cm³/mol. The first kappa shape index (κ1) is 12.3. The number of aromatic nitrogens is 3. The summed E-state index contributed by atoms with van der Waals surface area (Å²) in [7, 11) is 1.90. The molecule has 3 aromatic heterocycles. The van der Waals surface area contributed by atoms with Gasteiger partial charge in [-0.1, -0.05) is 0 Å². The van der Waals surface area contributed by atoms with Crippen LogP contribution >= 0.6 is 11.3 Å². The van der Waals surface area contributed by atoms with Crippen molar-refractivity contribution in [3.8, 4) is 0 Å². The van der Waals surface area contributed by atoms with Gasteiger partial charge in [-0.25, -0.2) is 0 Å². The number of thiophene rings is 1. The molecule has 19 heavy (non-hydrogen) atoms. The molecule has 4 nitrogen and oxygen atoms in total. The molecule has 0 radical (unpaired) electrons. The summed E-state index contributed by atoms with van der Waals surface area (Å²) in [5, 5.41) is 16.6. The summed E-state index contributed by atoms with van der Waals surface area (Å²) in [5.41, 5.74) is 3.83. The molecule has 0 saturated carbocycles. The Hall–Kier alpha value is -1.72. The van der Waals surface area contributed by atoms with Crippen LogP contribution in [-0.2, 0) is 13.5 Å². The van der Waals surface area contributed by atoms with Crippen LogP contribution in [0.4, 0.5) is 0 Å². The molecule has 0 aliphatic carbocycles. The molecule has 98 valence electrons. The Morgan fingerprint density at radius 2 is 2.26 bits per heavy atom. The average Bonchev–Trinajstić information content (AvgIpc) is 2.95. The van der Waals surface area contributed by atoms with Crippen LogP contribution in [0.25, 0.3) is 10.2 Å². The van der Waals surface area contributed by atoms with Gasteiger partial charge in [0.1, 0.15) is 0 Å². The van der Waals surface area contributed by atoms with Crippen LogP contribution in [-0.4, -0.2) is 19.9 Å². The molecule has 0 aliphatic rings. The third-order valence-corrected chi connectivity index (χ3v) is 4.06. The molecule has 0 aliphatic heterocycles. The quantitative estimate of drug-likeness (QED) is 0.798. The average molecular weight is 273 g/mol. The fraction of sp³-hybridized carbons (Fsp3) is 0.286. The summed E-state index contributed by atoms with van der Waals surface area (Å²) in [6.45, 7) is 1.95. The van der Waals surface area contributed by atoms with Gasteiger partial charge in [0.15, 0.2) is 0 Å². The second kappa shape index (κ2) is 4.75. The Balaban J connectivity index is 1.86. The van der Waals surface area contributed by atoms with E-state index in [9.17, 15) is 5.11 Å². The number of fused-ring (bicyclic) bond motifs is 1. The highest BCUT2D eigenvalue weighted by molar-refractivity contribution is 7.17. The number of aliphatic hydroxyl groups is 1. The number of rotatable bonds is 3. The minimum absolute atomic E-state index is 0.547. The maximum absolute atomic E-state index is 10.3. The summed E-state index contributed by atoms with van der Waals surface area (Å²) in [6, 6.07) is 6.00. The van der Waals surface area contributed by atoms with Crippen LogP contribution in [0.5, 0.6) is 0 Å². The van der Waals surface area contributed by atoms with Gasteiger partial charge in [0.2, 0.25) is 0 Å². The highest BCUT2D eigenvalue weighted by atomic mass is 32.1. The van der Waals surface area contributed by atoms with Gasteiger partial charge >= 0.3 is 0 Å². The lowest BCUT2D eigenvalue weighted by molar-refractivity contribution is 0.175. The van der Waals surface area contributed by atoms with Crippen LogP contribution in [0.2, 0.25) is 0 Å². The molecule has 1 atom stereocenters. The number of pyridine rings is 1. The highest BCUT2D eigenvalue weighted by Gasteiger charge is 2.13. The van der Waals surface area contributed by atoms with Crippen LogP contribution < -0.4 is 0 Å². The van der Waals surface area contributed by atoms with Gasteiger partial charge in [-0.3, -0.25) is 9.67 Å². The molecule has 0 aromatic carbocycles. The van der Waals surface area contributed by atoms with Crippen molar-refractivity contribution in [2.24, 2.45) is 7.05 Å². The molecule has 0 amide bonds. The van der Waals surface area contributed by atoms with E-state index < -0.39 is 6.10 Å². The number of aliphatic hydroxyl groups excluding tert-OH is 1. The standard InChI is InChI=1S/C14H15N3OS/c1-9-5-11(17(2)16-9)7-13(18)10-6-14-12(15-8-10)3-4-19-14/h3-6,8,13,18H,7H2,1-2H3. The summed E-state index contributed by atoms with van der Waals surface area (Å²) >= 11 is 1.64. The third kappa shape index (κ3) is 2.39. The Bertz CT molecular complexity index is 716. The zero-order valence-electron chi connectivity index (χ0n) is 10.9. The molecule has 3 heterocycles. The molecule has 5 heteroatoms. The van der Waals surface area contributed by atoms with Crippen molar-refractivity contribution >= 4 is 21.6 Å². The number of nitrogens with zero attached hydrogens (tertiary/aromatic N) is 3. The first-order valence-electron chi connectivity index (χ1n) is 6.14. The molecule has 1 unspecified atom stereocenters. The Morgan fingerprint density at radius 1 is 1.42 bits per heavy atom. The number of aryl methyl sites for hydroxylation is 2. The van der Waals surface area contributed by atoms with Crippen molar-refractivity contribution in [3.63, 3.8) is 0 Å². The molecule has 3 aromatic rings. The van der Waals surface area contributed by atoms with E-state index in [1.165, 1.54) is 0 Å². The predicted octanol–water partition coefficient (Wildman–Crippen LogP) is 2.61. The molecule has 0 spiro atoms. The van der Waals surface area contributed by atoms with Crippen LogP contribution in [0, 0.1) is 6.92 Å². The lowest BCUT2D eigenvalue weighted by Crippen LogP contribution is -2.06. The molecule has 3 rings (SSSR count). The van der Waals surface area contributed by atoms with Gasteiger partial charge in [-0.2, -0.15) is 5.10 Å². The lowest BCUT2D eigenvalue weighted by atomic mass is 10.1. The van der Waals surface area contributed by atoms with Crippen LogP contribution in [0.3, 0.4) is 0 Å². The van der Waals surface area contributed by atoms with Gasteiger partial charge in [0, 0.05) is 30.9 Å². The smallest absolute Gasteiger partial charge is 0.0860 e. The zero-order chi connectivity index (χ0) is 13.4. The van der Waals surface area contributed by atoms with Gasteiger partial charge in [0.25, 0.3) is 0 Å². The Kier molecular flexibility index (Phi) is 3.08. The third-order valence-electron chi connectivity index (χ3n) is 3.21. The largest absolute Gasteiger partial charge is 0.388 e. The van der Waals surface area contributed by atoms with Crippen molar-refractivity contribution in [2.75, 3.05) is 0 Å². The monoisotopic (exact) mass is 273 g/mol. The molecule has 1 N–H and O–H groups in total. The first-order chi connectivity index (χ1) is 9.13. The maximum Gasteiger partial charge on any atom is 0.0860 e. The van der Waals surface area contributed by atoms with E-state index in [0.29, 0.717) is 6.42 Å². The van der Waals surface area contributed by atoms with Gasteiger partial charge in [0.05, 0.1) is 22.0 Å². The highest BCUT2D eigenvalue weighted by Crippen LogP contribution is 2.24. The number of hydrogen-bond acceptors (Lipinski definition) is 4. The van der Waals surface area contributed by atoms with E-state index in [4.69, 9.17) is 0 Å². The van der Waals surface area contributed by atoms with E-state index in [1.54, 1.807) is 17.5 Å². The van der Waals surface area contributed by atoms with Gasteiger partial charge < -0.3 is 5.11 Å². The molecule has 0 bridgehead atoms. The summed E-state index contributed by atoms with van der Waals surface area (Å²) in [6.07, 6.45) is 1.76. The first-order valence-corrected chi connectivity index (χ1v) is 7.02. The number of hydrogen-bond donors (Lipinski definition) is 1. The van der Waals surface area contributed by atoms with Crippen molar-refractivity contribution in [3.05, 3.63) is 46.7 Å². The fourth-order valence-corrected chi connectivity index (χ4v) is 3.00.